The molecule has 0 aliphatic carbocycles. The molecule has 2 aromatic carbocycles. The van der Waals surface area contributed by atoms with Crippen LogP contribution >= 0.6 is 23.2 Å². The summed E-state index contributed by atoms with van der Waals surface area (Å²) in [5.41, 5.74) is 0.830. The molecule has 0 heterocycles. The normalized spacial score (nSPS) is 11.8. The van der Waals surface area contributed by atoms with Crippen molar-refractivity contribution in [2.45, 2.75) is 45.7 Å². The van der Waals surface area contributed by atoms with E-state index in [4.69, 9.17) is 23.2 Å². The van der Waals surface area contributed by atoms with E-state index in [2.05, 4.69) is 5.32 Å². The average Bonchev–Trinajstić information content (AvgIpc) is 2.70. The van der Waals surface area contributed by atoms with Gasteiger partial charge in [0.05, 0.1) is 6.42 Å². The van der Waals surface area contributed by atoms with Crippen LogP contribution in [0.5, 0.6) is 0 Å². The van der Waals surface area contributed by atoms with Gasteiger partial charge in [-0.15, -0.1) is 0 Å². The van der Waals surface area contributed by atoms with Crippen LogP contribution < -0.4 is 5.32 Å². The summed E-state index contributed by atoms with van der Waals surface area (Å²) in [4.78, 5) is 27.3. The van der Waals surface area contributed by atoms with Gasteiger partial charge in [0.2, 0.25) is 11.8 Å². The first-order valence-corrected chi connectivity index (χ1v) is 10.4. The number of halogens is 3. The van der Waals surface area contributed by atoms with E-state index in [0.29, 0.717) is 28.6 Å². The zero-order valence-corrected chi connectivity index (χ0v) is 18.1. The molecule has 156 valence electrons. The number of benzene rings is 2. The average molecular weight is 439 g/mol. The first-order chi connectivity index (χ1) is 13.9. The van der Waals surface area contributed by atoms with Crippen LogP contribution in [0.3, 0.4) is 0 Å². The van der Waals surface area contributed by atoms with Crippen LogP contribution in [0.25, 0.3) is 0 Å². The van der Waals surface area contributed by atoms with Crippen molar-refractivity contribution < 1.29 is 14.0 Å². The van der Waals surface area contributed by atoms with Crippen LogP contribution in [0.1, 0.15) is 37.8 Å². The van der Waals surface area contributed by atoms with Gasteiger partial charge in [-0.1, -0.05) is 61.3 Å². The quantitative estimate of drug-likeness (QED) is 0.597. The topological polar surface area (TPSA) is 49.4 Å². The monoisotopic (exact) mass is 438 g/mol. The third-order valence-electron chi connectivity index (χ3n) is 4.62. The predicted molar refractivity (Wildman–Crippen MR) is 114 cm³/mol. The maximum Gasteiger partial charge on any atom is 0.242 e. The molecule has 2 amide bonds. The highest BCUT2D eigenvalue weighted by Crippen LogP contribution is 2.27. The molecule has 0 aromatic heterocycles. The Morgan fingerprint density at radius 2 is 1.72 bits per heavy atom. The fourth-order valence-corrected chi connectivity index (χ4v) is 3.56. The minimum atomic E-state index is -0.715. The molecule has 2 aromatic rings. The van der Waals surface area contributed by atoms with Crippen molar-refractivity contribution in [1.29, 1.82) is 0 Å². The minimum absolute atomic E-state index is 0.0594. The van der Waals surface area contributed by atoms with Gasteiger partial charge in [0.1, 0.15) is 11.9 Å². The number of nitrogens with one attached hydrogen (secondary N) is 1. The molecule has 0 saturated carbocycles. The standard InChI is InChI=1S/C22H25Cl2FN2O2/c1-3-12-26-22(29)20(4-2)27(14-16-17(23)9-7-10-18(16)24)21(28)13-15-8-5-6-11-19(15)25/h5-11,20H,3-4,12-14H2,1-2H3,(H,26,29). The molecule has 0 bridgehead atoms. The van der Waals surface area contributed by atoms with Gasteiger partial charge in [-0.25, -0.2) is 4.39 Å². The van der Waals surface area contributed by atoms with Gasteiger partial charge >= 0.3 is 0 Å². The van der Waals surface area contributed by atoms with Crippen molar-refractivity contribution in [3.8, 4) is 0 Å². The molecule has 7 heteroatoms. The Morgan fingerprint density at radius 3 is 2.31 bits per heavy atom. The molecule has 1 atom stereocenters. The number of carbonyl (C=O) groups excluding carboxylic acids is 2. The zero-order valence-electron chi connectivity index (χ0n) is 16.6. The molecular formula is C22H25Cl2FN2O2. The summed E-state index contributed by atoms with van der Waals surface area (Å²) in [5.74, 6) is -1.08. The lowest BCUT2D eigenvalue weighted by atomic mass is 10.1. The van der Waals surface area contributed by atoms with Gasteiger partial charge < -0.3 is 10.2 Å². The summed E-state index contributed by atoms with van der Waals surface area (Å²) in [7, 11) is 0. The molecule has 4 nitrogen and oxygen atoms in total. The van der Waals surface area contributed by atoms with Crippen molar-refractivity contribution in [3.63, 3.8) is 0 Å². The Hall–Kier alpha value is -2.11. The van der Waals surface area contributed by atoms with Crippen LogP contribution in [0.4, 0.5) is 4.39 Å². The number of hydrogen-bond donors (Lipinski definition) is 1. The van der Waals surface area contributed by atoms with Crippen molar-refractivity contribution in [1.82, 2.24) is 10.2 Å². The molecule has 0 aliphatic heterocycles. The molecule has 0 aliphatic rings. The summed E-state index contributed by atoms with van der Waals surface area (Å²) >= 11 is 12.6. The first-order valence-electron chi connectivity index (χ1n) is 9.62. The predicted octanol–water partition coefficient (Wildman–Crippen LogP) is 5.01. The lowest BCUT2D eigenvalue weighted by Crippen LogP contribution is -2.49. The van der Waals surface area contributed by atoms with E-state index < -0.39 is 11.9 Å². The van der Waals surface area contributed by atoms with Crippen LogP contribution in [-0.2, 0) is 22.6 Å². The molecule has 0 radical (unpaired) electrons. The van der Waals surface area contributed by atoms with Crippen LogP contribution in [-0.4, -0.2) is 29.3 Å². The second-order valence-corrected chi connectivity index (χ2v) is 7.52. The fourth-order valence-electron chi connectivity index (χ4n) is 3.05. The van der Waals surface area contributed by atoms with E-state index in [0.717, 1.165) is 6.42 Å². The smallest absolute Gasteiger partial charge is 0.242 e. The highest BCUT2D eigenvalue weighted by molar-refractivity contribution is 6.36. The maximum absolute atomic E-state index is 14.1. The third-order valence-corrected chi connectivity index (χ3v) is 5.33. The van der Waals surface area contributed by atoms with Crippen molar-refractivity contribution in [2.75, 3.05) is 6.54 Å². The van der Waals surface area contributed by atoms with E-state index in [1.165, 1.54) is 11.0 Å². The Morgan fingerprint density at radius 1 is 1.07 bits per heavy atom. The van der Waals surface area contributed by atoms with Crippen molar-refractivity contribution in [3.05, 3.63) is 69.5 Å². The van der Waals surface area contributed by atoms with Gasteiger partial charge in [0.25, 0.3) is 0 Å². The Kier molecular flexibility index (Phi) is 8.93. The van der Waals surface area contributed by atoms with Crippen molar-refractivity contribution >= 4 is 35.0 Å². The minimum Gasteiger partial charge on any atom is -0.354 e. The number of hydrogen-bond acceptors (Lipinski definition) is 2. The lowest BCUT2D eigenvalue weighted by molar-refractivity contribution is -0.141. The summed E-state index contributed by atoms with van der Waals surface area (Å²) < 4.78 is 14.1. The molecule has 2 rings (SSSR count). The molecule has 0 fully saturated rings. The Bertz CT molecular complexity index is 840. The summed E-state index contributed by atoms with van der Waals surface area (Å²) in [6.45, 7) is 4.35. The molecule has 0 saturated heterocycles. The number of carbonyl (C=O) groups is 2. The molecule has 29 heavy (non-hydrogen) atoms. The SMILES string of the molecule is CCCNC(=O)C(CC)N(Cc1c(Cl)cccc1Cl)C(=O)Cc1ccccc1F. The van der Waals surface area contributed by atoms with Crippen LogP contribution in [0, 0.1) is 5.82 Å². The van der Waals surface area contributed by atoms with Gasteiger partial charge in [0.15, 0.2) is 0 Å². The fraction of sp³-hybridized carbons (Fsp3) is 0.364. The van der Waals surface area contributed by atoms with Gasteiger partial charge in [0, 0.05) is 28.7 Å². The summed E-state index contributed by atoms with van der Waals surface area (Å²) in [5, 5.41) is 3.65. The van der Waals surface area contributed by atoms with Crippen molar-refractivity contribution in [2.24, 2.45) is 0 Å². The molecule has 1 N–H and O–H groups in total. The highest BCUT2D eigenvalue weighted by Gasteiger charge is 2.29. The van der Waals surface area contributed by atoms with E-state index >= 15 is 0 Å². The van der Waals surface area contributed by atoms with Crippen LogP contribution in [0.2, 0.25) is 10.0 Å². The van der Waals surface area contributed by atoms with Crippen LogP contribution in [0.15, 0.2) is 42.5 Å². The molecular weight excluding hydrogens is 414 g/mol. The Balaban J connectivity index is 2.36. The second kappa shape index (κ2) is 11.2. The number of nitrogens with zero attached hydrogens (tertiary/aromatic N) is 1. The van der Waals surface area contributed by atoms with E-state index in [9.17, 15) is 14.0 Å². The summed E-state index contributed by atoms with van der Waals surface area (Å²) in [6.07, 6.45) is 1.02. The third kappa shape index (κ3) is 6.18. The van der Waals surface area contributed by atoms with E-state index in [1.807, 2.05) is 13.8 Å². The van der Waals surface area contributed by atoms with E-state index in [1.54, 1.807) is 36.4 Å². The summed E-state index contributed by atoms with van der Waals surface area (Å²) in [6, 6.07) is 10.5. The molecule has 1 unspecified atom stereocenters. The highest BCUT2D eigenvalue weighted by atomic mass is 35.5. The van der Waals surface area contributed by atoms with Gasteiger partial charge in [-0.2, -0.15) is 0 Å². The lowest BCUT2D eigenvalue weighted by Gasteiger charge is -2.31. The van der Waals surface area contributed by atoms with Gasteiger partial charge in [-0.05, 0) is 36.6 Å². The molecule has 0 spiro atoms. The van der Waals surface area contributed by atoms with E-state index in [-0.39, 0.29) is 30.3 Å². The number of amides is 2. The number of rotatable bonds is 9. The van der Waals surface area contributed by atoms with Gasteiger partial charge in [-0.3, -0.25) is 9.59 Å². The second-order valence-electron chi connectivity index (χ2n) is 6.71. The first kappa shape index (κ1) is 23.2. The zero-order chi connectivity index (χ0) is 21.4. The maximum atomic E-state index is 14.1. The largest absolute Gasteiger partial charge is 0.354 e. The Labute approximate surface area is 181 Å².